The van der Waals surface area contributed by atoms with Gasteiger partial charge in [0.15, 0.2) is 5.96 Å². The van der Waals surface area contributed by atoms with Gasteiger partial charge in [0.1, 0.15) is 0 Å². The van der Waals surface area contributed by atoms with Crippen LogP contribution in [0.3, 0.4) is 0 Å². The molecule has 1 aliphatic heterocycles. The van der Waals surface area contributed by atoms with Crippen LogP contribution in [-0.2, 0) is 16.0 Å². The van der Waals surface area contributed by atoms with E-state index in [4.69, 9.17) is 4.74 Å². The maximum Gasteiger partial charge on any atom is 0.222 e. The average molecular weight is 488 g/mol. The smallest absolute Gasteiger partial charge is 0.222 e. The van der Waals surface area contributed by atoms with Gasteiger partial charge in [-0.2, -0.15) is 0 Å². The third-order valence-electron chi connectivity index (χ3n) is 4.54. The first-order valence-electron chi connectivity index (χ1n) is 9.59. The van der Waals surface area contributed by atoms with Gasteiger partial charge in [0.2, 0.25) is 5.91 Å². The lowest BCUT2D eigenvalue weighted by Crippen LogP contribution is -2.45. The summed E-state index contributed by atoms with van der Waals surface area (Å²) in [6, 6.07) is 10.7. The standard InChI is InChI=1S/C20H32N4O2.HI/c1-3-19(25)24-13-10-18(16-24)23-20(21-2)22-12-7-14-26-15-11-17-8-5-4-6-9-17;/h4-6,8-9,18H,3,7,10-16H2,1-2H3,(H2,21,22,23);1H. The number of amides is 1. The first-order chi connectivity index (χ1) is 12.7. The van der Waals surface area contributed by atoms with Crippen LogP contribution < -0.4 is 10.6 Å². The van der Waals surface area contributed by atoms with E-state index in [0.717, 1.165) is 58.1 Å². The van der Waals surface area contributed by atoms with E-state index in [9.17, 15) is 4.79 Å². The number of ether oxygens (including phenoxy) is 1. The zero-order chi connectivity index (χ0) is 18.6. The van der Waals surface area contributed by atoms with Crippen molar-refractivity contribution >= 4 is 35.8 Å². The molecular formula is C20H33IN4O2. The molecule has 2 N–H and O–H groups in total. The number of rotatable bonds is 9. The van der Waals surface area contributed by atoms with Gasteiger partial charge >= 0.3 is 0 Å². The van der Waals surface area contributed by atoms with E-state index < -0.39 is 0 Å². The number of aliphatic imine (C=N–C) groups is 1. The van der Waals surface area contributed by atoms with Crippen molar-refractivity contribution in [1.82, 2.24) is 15.5 Å². The number of carbonyl (C=O) groups is 1. The molecule has 0 aliphatic carbocycles. The normalized spacial score (nSPS) is 16.7. The highest BCUT2D eigenvalue weighted by atomic mass is 127. The monoisotopic (exact) mass is 488 g/mol. The number of halogens is 1. The van der Waals surface area contributed by atoms with Gasteiger partial charge in [-0.3, -0.25) is 9.79 Å². The van der Waals surface area contributed by atoms with E-state index in [0.29, 0.717) is 6.42 Å². The molecule has 0 aromatic heterocycles. The van der Waals surface area contributed by atoms with E-state index in [1.54, 1.807) is 7.05 Å². The number of nitrogens with one attached hydrogen (secondary N) is 2. The van der Waals surface area contributed by atoms with Crippen LogP contribution in [0.5, 0.6) is 0 Å². The summed E-state index contributed by atoms with van der Waals surface area (Å²) in [5.41, 5.74) is 1.31. The van der Waals surface area contributed by atoms with Crippen LogP contribution in [-0.4, -0.2) is 62.7 Å². The minimum atomic E-state index is 0. The van der Waals surface area contributed by atoms with Gasteiger partial charge in [0.25, 0.3) is 0 Å². The lowest BCUT2D eigenvalue weighted by molar-refractivity contribution is -0.129. The highest BCUT2D eigenvalue weighted by Crippen LogP contribution is 2.10. The van der Waals surface area contributed by atoms with Crippen LogP contribution in [0.15, 0.2) is 35.3 Å². The van der Waals surface area contributed by atoms with Gasteiger partial charge in [-0.25, -0.2) is 0 Å². The second-order valence-electron chi connectivity index (χ2n) is 6.52. The Bertz CT molecular complexity index is 568. The first kappa shape index (κ1) is 23.7. The topological polar surface area (TPSA) is 66.0 Å². The Morgan fingerprint density at radius 2 is 2.07 bits per heavy atom. The quantitative estimate of drug-likeness (QED) is 0.243. The Balaban J connectivity index is 0.00000364. The van der Waals surface area contributed by atoms with Crippen molar-refractivity contribution in [3.05, 3.63) is 35.9 Å². The number of carbonyl (C=O) groups excluding carboxylic acids is 1. The zero-order valence-corrected chi connectivity index (χ0v) is 18.8. The minimum Gasteiger partial charge on any atom is -0.381 e. The van der Waals surface area contributed by atoms with Crippen molar-refractivity contribution in [2.24, 2.45) is 4.99 Å². The van der Waals surface area contributed by atoms with Crippen molar-refractivity contribution in [2.75, 3.05) is 39.9 Å². The lowest BCUT2D eigenvalue weighted by Gasteiger charge is -2.18. The van der Waals surface area contributed by atoms with Crippen molar-refractivity contribution in [3.8, 4) is 0 Å². The summed E-state index contributed by atoms with van der Waals surface area (Å²) in [4.78, 5) is 17.9. The predicted molar refractivity (Wildman–Crippen MR) is 121 cm³/mol. The van der Waals surface area contributed by atoms with Crippen molar-refractivity contribution in [1.29, 1.82) is 0 Å². The summed E-state index contributed by atoms with van der Waals surface area (Å²) in [7, 11) is 1.77. The fourth-order valence-electron chi connectivity index (χ4n) is 3.03. The summed E-state index contributed by atoms with van der Waals surface area (Å²) in [5.74, 6) is 1.02. The zero-order valence-electron chi connectivity index (χ0n) is 16.4. The van der Waals surface area contributed by atoms with Gasteiger partial charge in [0.05, 0.1) is 6.61 Å². The number of hydrogen-bond donors (Lipinski definition) is 2. The summed E-state index contributed by atoms with van der Waals surface area (Å²) < 4.78 is 5.69. The van der Waals surface area contributed by atoms with E-state index in [1.807, 2.05) is 17.9 Å². The molecule has 1 atom stereocenters. The molecule has 27 heavy (non-hydrogen) atoms. The number of hydrogen-bond acceptors (Lipinski definition) is 3. The van der Waals surface area contributed by atoms with Crippen molar-refractivity contribution < 1.29 is 9.53 Å². The molecule has 6 nitrogen and oxygen atoms in total. The Morgan fingerprint density at radius 1 is 1.30 bits per heavy atom. The number of guanidine groups is 1. The van der Waals surface area contributed by atoms with Crippen LogP contribution in [0.4, 0.5) is 0 Å². The molecule has 152 valence electrons. The van der Waals surface area contributed by atoms with Crippen molar-refractivity contribution in [3.63, 3.8) is 0 Å². The predicted octanol–water partition coefficient (Wildman–Crippen LogP) is 2.43. The molecule has 1 unspecified atom stereocenters. The van der Waals surface area contributed by atoms with Crippen LogP contribution in [0.2, 0.25) is 0 Å². The fourth-order valence-corrected chi connectivity index (χ4v) is 3.03. The Morgan fingerprint density at radius 3 is 2.78 bits per heavy atom. The SMILES string of the molecule is CCC(=O)N1CCC(NC(=NC)NCCCOCCc2ccccc2)C1.I. The maximum atomic E-state index is 11.7. The molecule has 0 radical (unpaired) electrons. The number of nitrogens with zero attached hydrogens (tertiary/aromatic N) is 2. The third-order valence-corrected chi connectivity index (χ3v) is 4.54. The molecule has 0 saturated carbocycles. The fraction of sp³-hybridized carbons (Fsp3) is 0.600. The molecule has 0 bridgehead atoms. The third kappa shape index (κ3) is 8.92. The van der Waals surface area contributed by atoms with Crippen molar-refractivity contribution in [2.45, 2.75) is 38.6 Å². The summed E-state index contributed by atoms with van der Waals surface area (Å²) in [5, 5.41) is 6.72. The first-order valence-corrected chi connectivity index (χ1v) is 9.59. The van der Waals surface area contributed by atoms with E-state index in [2.05, 4.69) is 39.9 Å². The van der Waals surface area contributed by atoms with Gasteiger partial charge in [-0.05, 0) is 24.8 Å². The van der Waals surface area contributed by atoms with Crippen LogP contribution in [0, 0.1) is 0 Å². The molecular weight excluding hydrogens is 455 g/mol. The summed E-state index contributed by atoms with van der Waals surface area (Å²) >= 11 is 0. The lowest BCUT2D eigenvalue weighted by atomic mass is 10.2. The van der Waals surface area contributed by atoms with Crippen LogP contribution >= 0.6 is 24.0 Å². The maximum absolute atomic E-state index is 11.7. The Hall–Kier alpha value is -1.35. The van der Waals surface area contributed by atoms with Crippen LogP contribution in [0.1, 0.15) is 31.7 Å². The second-order valence-corrected chi connectivity index (χ2v) is 6.52. The van der Waals surface area contributed by atoms with Gasteiger partial charge in [-0.1, -0.05) is 37.3 Å². The van der Waals surface area contributed by atoms with E-state index in [-0.39, 0.29) is 35.9 Å². The largest absolute Gasteiger partial charge is 0.381 e. The summed E-state index contributed by atoms with van der Waals surface area (Å²) in [6.45, 7) is 5.80. The van der Waals surface area contributed by atoms with Gasteiger partial charge in [0, 0.05) is 45.8 Å². The molecule has 1 saturated heterocycles. The van der Waals surface area contributed by atoms with Crippen LogP contribution in [0.25, 0.3) is 0 Å². The van der Waals surface area contributed by atoms with Gasteiger partial charge in [-0.15, -0.1) is 24.0 Å². The molecule has 1 aromatic rings. The highest BCUT2D eigenvalue weighted by molar-refractivity contribution is 14.0. The molecule has 7 heteroatoms. The Labute approximate surface area is 180 Å². The number of likely N-dealkylation sites (tertiary alicyclic amines) is 1. The molecule has 1 aliphatic rings. The second kappa shape index (κ2) is 13.8. The molecule has 1 amide bonds. The average Bonchev–Trinajstić information content (AvgIpc) is 3.15. The molecule has 1 fully saturated rings. The molecule has 2 rings (SSSR count). The van der Waals surface area contributed by atoms with E-state index in [1.165, 1.54) is 5.56 Å². The molecule has 0 spiro atoms. The van der Waals surface area contributed by atoms with Gasteiger partial charge < -0.3 is 20.3 Å². The highest BCUT2D eigenvalue weighted by Gasteiger charge is 2.25. The van der Waals surface area contributed by atoms with E-state index >= 15 is 0 Å². The summed E-state index contributed by atoms with van der Waals surface area (Å²) in [6.07, 6.45) is 3.42. The number of benzene rings is 1. The minimum absolute atomic E-state index is 0. The Kier molecular flexibility index (Phi) is 12.1. The molecule has 1 aromatic carbocycles. The molecule has 1 heterocycles.